The zero-order chi connectivity index (χ0) is 11.8. The van der Waals surface area contributed by atoms with Gasteiger partial charge in [-0.25, -0.2) is 4.98 Å². The van der Waals surface area contributed by atoms with Crippen LogP contribution >= 0.6 is 11.3 Å². The maximum atomic E-state index is 4.31. The number of aryl methyl sites for hydroxylation is 1. The topological polar surface area (TPSA) is 46.8 Å². The van der Waals surface area contributed by atoms with Crippen LogP contribution in [0.2, 0.25) is 0 Å². The molecule has 2 heterocycles. The van der Waals surface area contributed by atoms with Crippen molar-refractivity contribution in [1.29, 1.82) is 0 Å². The Labute approximate surface area is 104 Å². The summed E-state index contributed by atoms with van der Waals surface area (Å²) in [6, 6.07) is 0. The second kappa shape index (κ2) is 4.10. The van der Waals surface area contributed by atoms with E-state index in [1.807, 2.05) is 31.1 Å². The molecule has 1 aliphatic rings. The van der Waals surface area contributed by atoms with E-state index in [9.17, 15) is 0 Å². The molecule has 1 fully saturated rings. The summed E-state index contributed by atoms with van der Waals surface area (Å²) in [5.74, 6) is 1.72. The summed E-state index contributed by atoms with van der Waals surface area (Å²) in [5.41, 5.74) is 0. The fraction of sp³-hybridized carbons (Fsp3) is 0.545. The van der Waals surface area contributed by atoms with Gasteiger partial charge in [0.2, 0.25) is 5.13 Å². The lowest BCUT2D eigenvalue weighted by Crippen LogP contribution is -2.18. The number of anilines is 1. The molecule has 0 atom stereocenters. The molecule has 0 amide bonds. The molecule has 90 valence electrons. The SMILES string of the molecule is CN(Cc1nccn1C)c1nnc(C2CC2)s1. The predicted molar refractivity (Wildman–Crippen MR) is 67.2 cm³/mol. The molecule has 6 heteroatoms. The van der Waals surface area contributed by atoms with E-state index in [2.05, 4.69) is 20.1 Å². The molecular formula is C11H15N5S. The number of imidazole rings is 1. The molecule has 0 saturated heterocycles. The molecule has 0 N–H and O–H groups in total. The molecule has 0 bridgehead atoms. The molecule has 1 aliphatic carbocycles. The van der Waals surface area contributed by atoms with Crippen molar-refractivity contribution in [2.45, 2.75) is 25.3 Å². The van der Waals surface area contributed by atoms with E-state index < -0.39 is 0 Å². The molecule has 1 saturated carbocycles. The first-order valence-electron chi connectivity index (χ1n) is 5.75. The van der Waals surface area contributed by atoms with E-state index in [0.717, 1.165) is 17.5 Å². The molecule has 3 rings (SSSR count). The van der Waals surface area contributed by atoms with Gasteiger partial charge in [0.05, 0.1) is 6.54 Å². The standard InChI is InChI=1S/C11H15N5S/c1-15-6-5-12-9(15)7-16(2)11-14-13-10(17-11)8-3-4-8/h5-6,8H,3-4,7H2,1-2H3. The number of hydrogen-bond acceptors (Lipinski definition) is 5. The summed E-state index contributed by atoms with van der Waals surface area (Å²) in [7, 11) is 4.04. The highest BCUT2D eigenvalue weighted by atomic mass is 32.1. The maximum Gasteiger partial charge on any atom is 0.208 e. The van der Waals surface area contributed by atoms with Crippen molar-refractivity contribution >= 4 is 16.5 Å². The monoisotopic (exact) mass is 249 g/mol. The highest BCUT2D eigenvalue weighted by molar-refractivity contribution is 7.15. The fourth-order valence-electron chi connectivity index (χ4n) is 1.70. The van der Waals surface area contributed by atoms with E-state index in [1.54, 1.807) is 11.3 Å². The lowest BCUT2D eigenvalue weighted by Gasteiger charge is -2.14. The zero-order valence-electron chi connectivity index (χ0n) is 10.00. The Morgan fingerprint density at radius 3 is 2.94 bits per heavy atom. The Balaban J connectivity index is 1.72. The number of hydrogen-bond donors (Lipinski definition) is 0. The largest absolute Gasteiger partial charge is 0.342 e. The Hall–Kier alpha value is -1.43. The lowest BCUT2D eigenvalue weighted by atomic mass is 10.5. The quantitative estimate of drug-likeness (QED) is 0.828. The molecule has 0 aliphatic heterocycles. The van der Waals surface area contributed by atoms with E-state index in [-0.39, 0.29) is 0 Å². The van der Waals surface area contributed by atoms with E-state index in [0.29, 0.717) is 5.92 Å². The van der Waals surface area contributed by atoms with Crippen LogP contribution in [0.4, 0.5) is 5.13 Å². The van der Waals surface area contributed by atoms with Crippen LogP contribution in [0.3, 0.4) is 0 Å². The summed E-state index contributed by atoms with van der Waals surface area (Å²) in [6.07, 6.45) is 6.33. The molecule has 17 heavy (non-hydrogen) atoms. The predicted octanol–water partition coefficient (Wildman–Crippen LogP) is 1.79. The van der Waals surface area contributed by atoms with Crippen molar-refractivity contribution in [3.05, 3.63) is 23.2 Å². The molecule has 5 nitrogen and oxygen atoms in total. The molecule has 0 unspecified atom stereocenters. The molecule has 2 aromatic heterocycles. The van der Waals surface area contributed by atoms with Gasteiger partial charge in [-0.05, 0) is 12.8 Å². The fourth-order valence-corrected chi connectivity index (χ4v) is 2.68. The summed E-state index contributed by atoms with van der Waals surface area (Å²) in [5, 5.41) is 10.7. The Bertz CT molecular complexity index is 513. The van der Waals surface area contributed by atoms with E-state index in [1.165, 1.54) is 17.8 Å². The van der Waals surface area contributed by atoms with Gasteiger partial charge in [0, 0.05) is 32.4 Å². The average molecular weight is 249 g/mol. The van der Waals surface area contributed by atoms with Crippen LogP contribution in [-0.2, 0) is 13.6 Å². The lowest BCUT2D eigenvalue weighted by molar-refractivity contribution is 0.756. The third-order valence-electron chi connectivity index (χ3n) is 2.98. The first-order valence-corrected chi connectivity index (χ1v) is 6.56. The van der Waals surface area contributed by atoms with Crippen LogP contribution in [0.1, 0.15) is 29.6 Å². The van der Waals surface area contributed by atoms with Crippen LogP contribution in [0, 0.1) is 0 Å². The van der Waals surface area contributed by atoms with Gasteiger partial charge in [0.1, 0.15) is 10.8 Å². The van der Waals surface area contributed by atoms with Crippen LogP contribution in [-0.4, -0.2) is 26.8 Å². The van der Waals surface area contributed by atoms with Crippen molar-refractivity contribution in [2.24, 2.45) is 7.05 Å². The second-order valence-corrected chi connectivity index (χ2v) is 5.50. The molecular weight excluding hydrogens is 234 g/mol. The van der Waals surface area contributed by atoms with Crippen LogP contribution in [0.5, 0.6) is 0 Å². The smallest absolute Gasteiger partial charge is 0.208 e. The minimum atomic E-state index is 0.683. The summed E-state index contributed by atoms with van der Waals surface area (Å²) >= 11 is 1.71. The molecule has 0 aromatic carbocycles. The third kappa shape index (κ3) is 2.17. The van der Waals surface area contributed by atoms with E-state index in [4.69, 9.17) is 0 Å². The zero-order valence-corrected chi connectivity index (χ0v) is 10.8. The van der Waals surface area contributed by atoms with Gasteiger partial charge in [0.15, 0.2) is 0 Å². The van der Waals surface area contributed by atoms with Gasteiger partial charge in [-0.15, -0.1) is 10.2 Å². The van der Waals surface area contributed by atoms with Crippen molar-refractivity contribution in [3.63, 3.8) is 0 Å². The van der Waals surface area contributed by atoms with E-state index >= 15 is 0 Å². The van der Waals surface area contributed by atoms with Gasteiger partial charge in [-0.2, -0.15) is 0 Å². The van der Waals surface area contributed by atoms with Crippen LogP contribution in [0.25, 0.3) is 0 Å². The van der Waals surface area contributed by atoms with Gasteiger partial charge in [0.25, 0.3) is 0 Å². The molecule has 0 spiro atoms. The first-order chi connectivity index (χ1) is 8.24. The Morgan fingerprint density at radius 1 is 1.47 bits per heavy atom. The highest BCUT2D eigenvalue weighted by Crippen LogP contribution is 2.42. The molecule has 2 aromatic rings. The van der Waals surface area contributed by atoms with Crippen molar-refractivity contribution in [2.75, 3.05) is 11.9 Å². The summed E-state index contributed by atoms with van der Waals surface area (Å²) < 4.78 is 2.03. The number of nitrogens with zero attached hydrogens (tertiary/aromatic N) is 5. The second-order valence-electron chi connectivity index (χ2n) is 4.51. The number of rotatable bonds is 4. The highest BCUT2D eigenvalue weighted by Gasteiger charge is 2.28. The minimum absolute atomic E-state index is 0.683. The summed E-state index contributed by atoms with van der Waals surface area (Å²) in [6.45, 7) is 0.767. The summed E-state index contributed by atoms with van der Waals surface area (Å²) in [4.78, 5) is 6.42. The van der Waals surface area contributed by atoms with Gasteiger partial charge in [-0.1, -0.05) is 11.3 Å². The molecule has 0 radical (unpaired) electrons. The first kappa shape index (κ1) is 10.7. The number of aromatic nitrogens is 4. The maximum absolute atomic E-state index is 4.31. The minimum Gasteiger partial charge on any atom is -0.342 e. The normalized spacial score (nSPS) is 15.2. The van der Waals surface area contributed by atoms with Crippen LogP contribution in [0.15, 0.2) is 12.4 Å². The van der Waals surface area contributed by atoms with Gasteiger partial charge < -0.3 is 9.47 Å². The van der Waals surface area contributed by atoms with Crippen LogP contribution < -0.4 is 4.90 Å². The third-order valence-corrected chi connectivity index (χ3v) is 4.18. The van der Waals surface area contributed by atoms with Gasteiger partial charge in [-0.3, -0.25) is 0 Å². The van der Waals surface area contributed by atoms with Crippen molar-refractivity contribution < 1.29 is 0 Å². The Morgan fingerprint density at radius 2 is 2.29 bits per heavy atom. The Kier molecular flexibility index (Phi) is 2.58. The van der Waals surface area contributed by atoms with Crippen molar-refractivity contribution in [1.82, 2.24) is 19.7 Å². The average Bonchev–Trinajstić information content (AvgIpc) is 2.91. The van der Waals surface area contributed by atoms with Gasteiger partial charge >= 0.3 is 0 Å². The van der Waals surface area contributed by atoms with Crippen molar-refractivity contribution in [3.8, 4) is 0 Å².